The molecule has 0 aliphatic carbocycles. The average Bonchev–Trinajstić information content (AvgIpc) is 3.25. The van der Waals surface area contributed by atoms with Gasteiger partial charge in [0.1, 0.15) is 0 Å². The molecule has 0 saturated heterocycles. The van der Waals surface area contributed by atoms with Gasteiger partial charge in [-0.15, -0.1) is 12.4 Å². The maximum absolute atomic E-state index is 3.25. The molecule has 2 aromatic heterocycles. The van der Waals surface area contributed by atoms with Gasteiger partial charge in [-0.1, -0.05) is 0 Å². The first kappa shape index (κ1) is 36.8. The molecule has 0 radical (unpaired) electrons. The Kier molecular flexibility index (Phi) is 114. The molecule has 0 atom stereocenters. The Labute approximate surface area is 153 Å². The van der Waals surface area contributed by atoms with Crippen molar-refractivity contribution in [2.45, 2.75) is 27.7 Å². The first-order chi connectivity index (χ1) is 9.00. The zero-order valence-electron chi connectivity index (χ0n) is 13.0. The maximum atomic E-state index is 3.25. The molecule has 2 N–H and O–H groups in total. The number of hydrogen-bond acceptors (Lipinski definition) is 0. The fourth-order valence-corrected chi connectivity index (χ4v) is 0.481. The summed E-state index contributed by atoms with van der Waals surface area (Å²) in [5.74, 6) is 0. The number of aromatic amines is 2. The predicted molar refractivity (Wildman–Crippen MR) is 83.4 cm³/mol. The molecule has 0 unspecified atom stereocenters. The molecule has 0 spiro atoms. The van der Waals surface area contributed by atoms with Crippen molar-refractivity contribution >= 4 is 0 Å². The summed E-state index contributed by atoms with van der Waals surface area (Å²) in [4.78, 5) is 5.47. The number of aromatic nitrogens is 2. The molecular weight excluding hydrogens is 422 g/mol. The van der Waals surface area contributed by atoms with Crippen LogP contribution in [0.5, 0.6) is 0 Å². The summed E-state index contributed by atoms with van der Waals surface area (Å²) in [5, 5.41) is 0. The Hall–Kier alpha value is -0.193. The third-order valence-electron chi connectivity index (χ3n) is 0.885. The van der Waals surface area contributed by atoms with Crippen molar-refractivity contribution in [3.63, 3.8) is 0 Å². The van der Waals surface area contributed by atoms with E-state index < -0.39 is 0 Å². The van der Waals surface area contributed by atoms with E-state index in [9.17, 15) is 0 Å². The van der Waals surface area contributed by atoms with Crippen molar-refractivity contribution in [2.75, 3.05) is 0 Å². The SMILES string of the molecule is [CH2-]C.[CH2-]C.[CH2-]C.[CH2-]C.[Ru+6].[Ru].[c-]1ccc[nH]1.[c-]1ccc[nH]1. The Morgan fingerprint density at radius 1 is 0.650 bits per heavy atom. The van der Waals surface area contributed by atoms with Crippen molar-refractivity contribution < 1.29 is 39.0 Å². The molecule has 0 amide bonds. The van der Waals surface area contributed by atoms with Crippen LogP contribution in [-0.2, 0) is 39.0 Å². The van der Waals surface area contributed by atoms with Crippen molar-refractivity contribution in [3.05, 3.63) is 76.7 Å². The van der Waals surface area contributed by atoms with Gasteiger partial charge in [-0.2, -0.15) is 64.4 Å². The van der Waals surface area contributed by atoms with Gasteiger partial charge in [0.15, 0.2) is 0 Å². The molecule has 0 aliphatic heterocycles. The molecule has 2 aromatic rings. The summed E-state index contributed by atoms with van der Waals surface area (Å²) in [6.45, 7) is 20.0. The Morgan fingerprint density at radius 2 is 0.900 bits per heavy atom. The van der Waals surface area contributed by atoms with E-state index >= 15 is 0 Å². The maximum Gasteiger partial charge on any atom is 6.00 e. The van der Waals surface area contributed by atoms with Gasteiger partial charge < -0.3 is 37.7 Å². The van der Waals surface area contributed by atoms with Gasteiger partial charge in [-0.3, -0.25) is 0 Å². The molecule has 2 rings (SSSR count). The van der Waals surface area contributed by atoms with Crippen LogP contribution in [0.25, 0.3) is 0 Å². The largest absolute Gasteiger partial charge is 6.00 e. The number of nitrogens with one attached hydrogen (secondary N) is 2. The first-order valence-corrected chi connectivity index (χ1v) is 5.82. The third kappa shape index (κ3) is 52.3. The minimum atomic E-state index is 0. The van der Waals surface area contributed by atoms with Crippen LogP contribution in [0, 0.1) is 40.1 Å². The van der Waals surface area contributed by atoms with Crippen molar-refractivity contribution in [1.82, 2.24) is 9.97 Å². The van der Waals surface area contributed by atoms with E-state index in [1.54, 1.807) is 27.7 Å². The molecule has 2 nitrogen and oxygen atoms in total. The van der Waals surface area contributed by atoms with E-state index in [4.69, 9.17) is 0 Å². The average molecular weight is 451 g/mol. The van der Waals surface area contributed by atoms with E-state index in [0.717, 1.165) is 0 Å². The van der Waals surface area contributed by atoms with E-state index in [1.165, 1.54) is 0 Å². The summed E-state index contributed by atoms with van der Waals surface area (Å²) in [5.41, 5.74) is 0. The second kappa shape index (κ2) is 62.0. The molecule has 2 heterocycles. The Morgan fingerprint density at radius 3 is 0.950 bits per heavy atom. The topological polar surface area (TPSA) is 31.6 Å². The summed E-state index contributed by atoms with van der Waals surface area (Å²) in [6, 6.07) is 7.42. The quantitative estimate of drug-likeness (QED) is 0.419. The van der Waals surface area contributed by atoms with E-state index in [-0.39, 0.29) is 39.0 Å². The van der Waals surface area contributed by atoms with Crippen molar-refractivity contribution in [1.29, 1.82) is 0 Å². The van der Waals surface area contributed by atoms with Gasteiger partial charge >= 0.3 is 19.5 Å². The zero-order valence-corrected chi connectivity index (χ0v) is 16.5. The molecule has 0 fully saturated rings. The monoisotopic (exact) mass is 452 g/mol. The van der Waals surface area contributed by atoms with Crippen LogP contribution in [0.15, 0.2) is 36.7 Å². The first-order valence-electron chi connectivity index (χ1n) is 5.82. The van der Waals surface area contributed by atoms with E-state index in [1.807, 2.05) is 36.7 Å². The molecule has 20 heavy (non-hydrogen) atoms. The predicted octanol–water partition coefficient (Wildman–Crippen LogP) is 4.99. The van der Waals surface area contributed by atoms with E-state index in [0.29, 0.717) is 0 Å². The molecule has 0 bridgehead atoms. The van der Waals surface area contributed by atoms with Gasteiger partial charge in [-0.25, -0.2) is 0 Å². The molecule has 118 valence electrons. The van der Waals surface area contributed by atoms with Crippen LogP contribution in [0.3, 0.4) is 0 Å². The van der Waals surface area contributed by atoms with Crippen LogP contribution < -0.4 is 0 Å². The zero-order chi connectivity index (χ0) is 15.1. The summed E-state index contributed by atoms with van der Waals surface area (Å²) >= 11 is 0. The molecule has 0 aromatic carbocycles. The van der Waals surface area contributed by atoms with E-state index in [2.05, 4.69) is 50.1 Å². The molecular formula is C16H28N2Ru2. The summed E-state index contributed by atoms with van der Waals surface area (Å²) < 4.78 is 0. The van der Waals surface area contributed by atoms with Crippen LogP contribution >= 0.6 is 0 Å². The molecule has 0 saturated carbocycles. The standard InChI is InChI=1S/2C4H4N.4C2H5.2Ru/c2*1-2-4-5-3-1;4*1-2;;/h2*1-3,5H;4*1H2,2H3;;/q6*-1;;+6. The van der Waals surface area contributed by atoms with Crippen LogP contribution in [0.4, 0.5) is 0 Å². The van der Waals surface area contributed by atoms with Gasteiger partial charge in [-0.05, 0) is 0 Å². The van der Waals surface area contributed by atoms with Crippen molar-refractivity contribution in [2.24, 2.45) is 0 Å². The Bertz CT molecular complexity index is 158. The minimum Gasteiger partial charge on any atom is -0.484 e. The van der Waals surface area contributed by atoms with Gasteiger partial charge in [0.25, 0.3) is 0 Å². The van der Waals surface area contributed by atoms with Crippen LogP contribution in [0.2, 0.25) is 0 Å². The summed E-state index contributed by atoms with van der Waals surface area (Å²) in [7, 11) is 0. The fraction of sp³-hybridized carbons (Fsp3) is 0.250. The van der Waals surface area contributed by atoms with Crippen LogP contribution in [-0.4, -0.2) is 9.97 Å². The normalized spacial score (nSPS) is 5.20. The van der Waals surface area contributed by atoms with Crippen LogP contribution in [0.1, 0.15) is 27.7 Å². The Balaban J connectivity index is -0.0000000311. The second-order valence-corrected chi connectivity index (χ2v) is 1.63. The summed E-state index contributed by atoms with van der Waals surface area (Å²) in [6.07, 6.45) is 9.11. The molecule has 4 heteroatoms. The minimum absolute atomic E-state index is 0. The number of rotatable bonds is 0. The van der Waals surface area contributed by atoms with Gasteiger partial charge in [0.2, 0.25) is 0 Å². The third-order valence-corrected chi connectivity index (χ3v) is 0.885. The van der Waals surface area contributed by atoms with Gasteiger partial charge in [0, 0.05) is 19.5 Å². The molecule has 0 aliphatic rings. The number of hydrogen-bond donors (Lipinski definition) is 2. The van der Waals surface area contributed by atoms with Gasteiger partial charge in [0.05, 0.1) is 0 Å². The fourth-order valence-electron chi connectivity index (χ4n) is 0.481. The van der Waals surface area contributed by atoms with Crippen molar-refractivity contribution in [3.8, 4) is 0 Å². The second-order valence-electron chi connectivity index (χ2n) is 1.63. The number of H-pyrrole nitrogens is 2. The smallest absolute Gasteiger partial charge is 0.484 e.